The van der Waals surface area contributed by atoms with Gasteiger partial charge in [0, 0.05) is 0 Å². The molecular weight excluding hydrogens is 347 g/mol. The second-order valence-corrected chi connectivity index (χ2v) is 5.76. The van der Waals surface area contributed by atoms with Crippen LogP contribution in [-0.2, 0) is 4.79 Å². The smallest absolute Gasteiger partial charge is 0.542 e. The van der Waals surface area contributed by atoms with E-state index in [9.17, 15) is 4.79 Å². The summed E-state index contributed by atoms with van der Waals surface area (Å²) in [5.74, 6) is 0. The SMILES string of the molecule is CCCCCCCC/C=C\CCCCCCC[C-]=O.O=C(O)O.S.[Na+]. The third kappa shape index (κ3) is 45.4. The van der Waals surface area contributed by atoms with Crippen LogP contribution in [0, 0.1) is 0 Å². The Hall–Kier alpha value is 0.0300. The van der Waals surface area contributed by atoms with Crippen molar-refractivity contribution in [2.75, 3.05) is 0 Å². The Morgan fingerprint density at radius 2 is 1.16 bits per heavy atom. The van der Waals surface area contributed by atoms with Crippen LogP contribution in [0.2, 0.25) is 0 Å². The molecule has 25 heavy (non-hydrogen) atoms. The molecule has 0 saturated heterocycles. The van der Waals surface area contributed by atoms with Crippen LogP contribution in [0.3, 0.4) is 0 Å². The average Bonchev–Trinajstić information content (AvgIpc) is 2.50. The van der Waals surface area contributed by atoms with E-state index in [-0.39, 0.29) is 43.1 Å². The van der Waals surface area contributed by atoms with E-state index in [1.54, 1.807) is 0 Å². The van der Waals surface area contributed by atoms with E-state index in [1.165, 1.54) is 77.0 Å². The molecule has 0 aliphatic rings. The Morgan fingerprint density at radius 3 is 1.56 bits per heavy atom. The van der Waals surface area contributed by atoms with Gasteiger partial charge in [0.25, 0.3) is 0 Å². The number of hydrogen-bond donors (Lipinski definition) is 2. The van der Waals surface area contributed by atoms with E-state index in [0.29, 0.717) is 6.42 Å². The van der Waals surface area contributed by atoms with E-state index in [2.05, 4.69) is 19.1 Å². The average molecular weight is 385 g/mol. The van der Waals surface area contributed by atoms with Crippen LogP contribution in [0.5, 0.6) is 0 Å². The van der Waals surface area contributed by atoms with Gasteiger partial charge in [-0.15, -0.1) is 0 Å². The van der Waals surface area contributed by atoms with Gasteiger partial charge < -0.3 is 15.0 Å². The molecule has 2 N–H and O–H groups in total. The van der Waals surface area contributed by atoms with Gasteiger partial charge in [-0.05, 0) is 25.7 Å². The van der Waals surface area contributed by atoms with Crippen molar-refractivity contribution < 1.29 is 49.4 Å². The van der Waals surface area contributed by atoms with Crippen molar-refractivity contribution >= 4 is 25.9 Å². The number of allylic oxidation sites excluding steroid dienone is 2. The normalized spacial score (nSPS) is 9.48. The molecule has 144 valence electrons. The Kier molecular flexibility index (Phi) is 41.5. The summed E-state index contributed by atoms with van der Waals surface area (Å²) in [5.41, 5.74) is 0. The second kappa shape index (κ2) is 31.8. The molecule has 0 amide bonds. The minimum atomic E-state index is -1.83. The first kappa shape index (κ1) is 32.7. The topological polar surface area (TPSA) is 74.6 Å². The number of carbonyl (C=O) groups excluding carboxylic acids is 1. The maximum Gasteiger partial charge on any atom is 1.00 e. The van der Waals surface area contributed by atoms with Crippen molar-refractivity contribution in [2.45, 2.75) is 96.8 Å². The van der Waals surface area contributed by atoms with Gasteiger partial charge in [-0.1, -0.05) is 76.9 Å². The van der Waals surface area contributed by atoms with Crippen LogP contribution in [0.4, 0.5) is 4.79 Å². The quantitative estimate of drug-likeness (QED) is 0.196. The maximum atomic E-state index is 10.0. The molecule has 0 aromatic heterocycles. The van der Waals surface area contributed by atoms with Crippen LogP contribution in [-0.4, -0.2) is 22.7 Å². The Morgan fingerprint density at radius 1 is 0.800 bits per heavy atom. The predicted octanol–water partition coefficient (Wildman–Crippen LogP) is 3.47. The third-order valence-corrected chi connectivity index (χ3v) is 3.54. The fourth-order valence-corrected chi connectivity index (χ4v) is 2.27. The van der Waals surface area contributed by atoms with E-state index >= 15 is 0 Å². The van der Waals surface area contributed by atoms with E-state index in [0.717, 1.165) is 6.42 Å². The number of carbonyl (C=O) groups is 1. The maximum absolute atomic E-state index is 10.0. The van der Waals surface area contributed by atoms with Gasteiger partial charge >= 0.3 is 35.7 Å². The van der Waals surface area contributed by atoms with Gasteiger partial charge in [0.15, 0.2) is 0 Å². The van der Waals surface area contributed by atoms with Gasteiger partial charge in [0.1, 0.15) is 0 Å². The summed E-state index contributed by atoms with van der Waals surface area (Å²) in [6, 6.07) is 0. The van der Waals surface area contributed by atoms with Gasteiger partial charge in [-0.25, -0.2) is 4.79 Å². The number of rotatable bonds is 15. The van der Waals surface area contributed by atoms with Crippen molar-refractivity contribution in [3.63, 3.8) is 0 Å². The molecule has 0 aromatic rings. The van der Waals surface area contributed by atoms with Crippen LogP contribution >= 0.6 is 13.5 Å². The largest absolute Gasteiger partial charge is 1.00 e. The van der Waals surface area contributed by atoms with E-state index in [4.69, 9.17) is 15.0 Å². The Bertz CT molecular complexity index is 283. The van der Waals surface area contributed by atoms with Crippen LogP contribution in [0.1, 0.15) is 96.8 Å². The minimum Gasteiger partial charge on any atom is -0.542 e. The van der Waals surface area contributed by atoms with E-state index < -0.39 is 6.16 Å². The first-order chi connectivity index (χ1) is 11.1. The van der Waals surface area contributed by atoms with Gasteiger partial charge in [-0.2, -0.15) is 19.9 Å². The summed E-state index contributed by atoms with van der Waals surface area (Å²) >= 11 is 0. The molecule has 0 fully saturated rings. The fraction of sp³-hybridized carbons (Fsp3) is 0.789. The Balaban J connectivity index is -0.000000330. The zero-order chi connectivity index (χ0) is 17.6. The minimum absolute atomic E-state index is 0. The van der Waals surface area contributed by atoms with E-state index in [1.807, 2.05) is 6.29 Å². The molecule has 0 aliphatic heterocycles. The second-order valence-electron chi connectivity index (χ2n) is 5.76. The first-order valence-corrected chi connectivity index (χ1v) is 9.07. The zero-order valence-corrected chi connectivity index (χ0v) is 19.3. The van der Waals surface area contributed by atoms with Crippen LogP contribution < -0.4 is 29.6 Å². The monoisotopic (exact) mass is 384 g/mol. The molecule has 0 aliphatic carbocycles. The van der Waals surface area contributed by atoms with Gasteiger partial charge in [0.2, 0.25) is 0 Å². The molecular formula is C19H37NaO4S. The summed E-state index contributed by atoms with van der Waals surface area (Å²) in [6.07, 6.45) is 22.4. The molecule has 0 radical (unpaired) electrons. The van der Waals surface area contributed by atoms with Crippen molar-refractivity contribution in [1.29, 1.82) is 0 Å². The molecule has 4 nitrogen and oxygen atoms in total. The summed E-state index contributed by atoms with van der Waals surface area (Å²) in [5, 5.41) is 13.9. The summed E-state index contributed by atoms with van der Waals surface area (Å²) in [4.78, 5) is 18.6. The van der Waals surface area contributed by atoms with Crippen molar-refractivity contribution in [3.05, 3.63) is 12.2 Å². The summed E-state index contributed by atoms with van der Waals surface area (Å²) in [7, 11) is 0. The number of hydrogen-bond acceptors (Lipinski definition) is 2. The predicted molar refractivity (Wildman–Crippen MR) is 106 cm³/mol. The summed E-state index contributed by atoms with van der Waals surface area (Å²) in [6.45, 7) is 2.27. The van der Waals surface area contributed by atoms with Crippen molar-refractivity contribution in [3.8, 4) is 0 Å². The molecule has 0 rings (SSSR count). The Labute approximate surface area is 183 Å². The standard InChI is InChI=1S/C18H33O.CH2O3.Na.H2S/c1-2-3-4-5-6-7-8-9-10-11-12-13-14-15-16-17-18-19;2-1(3)4;;/h9-10H,2-8,11-17H2,1H3;(H2,2,3,4);;1H2/q-1;;+1;/b10-9-;;;. The molecule has 0 spiro atoms. The zero-order valence-electron chi connectivity index (χ0n) is 16.3. The van der Waals surface area contributed by atoms with Gasteiger partial charge in [0.05, 0.1) is 0 Å². The third-order valence-electron chi connectivity index (χ3n) is 3.54. The molecule has 0 atom stereocenters. The first-order valence-electron chi connectivity index (χ1n) is 9.07. The fourth-order valence-electron chi connectivity index (χ4n) is 2.27. The molecule has 0 unspecified atom stereocenters. The molecule has 0 heterocycles. The molecule has 0 bridgehead atoms. The number of unbranched alkanes of at least 4 members (excludes halogenated alkanes) is 12. The van der Waals surface area contributed by atoms with Gasteiger partial charge in [-0.3, -0.25) is 6.29 Å². The summed E-state index contributed by atoms with van der Waals surface area (Å²) < 4.78 is 0. The molecule has 0 aromatic carbocycles. The van der Waals surface area contributed by atoms with Crippen LogP contribution in [0.15, 0.2) is 12.2 Å². The molecule has 0 saturated carbocycles. The molecule has 6 heteroatoms. The van der Waals surface area contributed by atoms with Crippen molar-refractivity contribution in [1.82, 2.24) is 0 Å². The van der Waals surface area contributed by atoms with Crippen LogP contribution in [0.25, 0.3) is 0 Å². The number of carboxylic acid groups (broad SMARTS) is 2. The van der Waals surface area contributed by atoms with Crippen molar-refractivity contribution in [2.24, 2.45) is 0 Å².